The van der Waals surface area contributed by atoms with Crippen molar-refractivity contribution in [2.24, 2.45) is 17.3 Å². The van der Waals surface area contributed by atoms with Crippen LogP contribution in [0, 0.1) is 17.3 Å². The molecule has 0 radical (unpaired) electrons. The summed E-state index contributed by atoms with van der Waals surface area (Å²) in [4.78, 5) is 23.2. The van der Waals surface area contributed by atoms with E-state index in [1.54, 1.807) is 0 Å². The number of aryl methyl sites for hydroxylation is 1. The lowest BCUT2D eigenvalue weighted by atomic mass is 9.55. The number of rotatable bonds is 4. The fourth-order valence-corrected chi connectivity index (χ4v) is 7.88. The molecule has 0 saturated heterocycles. The minimum Gasteiger partial charge on any atom is -0.462 e. The maximum atomic E-state index is 11.9. The van der Waals surface area contributed by atoms with E-state index in [0.29, 0.717) is 23.5 Å². The van der Waals surface area contributed by atoms with E-state index in [1.165, 1.54) is 25.0 Å². The first-order valence-corrected chi connectivity index (χ1v) is 15.0. The summed E-state index contributed by atoms with van der Waals surface area (Å²) in [6.07, 6.45) is 5.10. The molecule has 2 fully saturated rings. The highest BCUT2D eigenvalue weighted by Gasteiger charge is 2.61. The molecule has 4 rings (SSSR count). The minimum absolute atomic E-state index is 0.0354. The van der Waals surface area contributed by atoms with Crippen LogP contribution in [-0.2, 0) is 25.2 Å². The zero-order valence-corrected chi connectivity index (χ0v) is 20.7. The standard InChI is InChI=1S/C25H36O5Si/c1-15(26)28-18-8-10-19-17(13-18)7-9-21-20(19)11-12-25(3)23(29-16(2)27)14-22(24(21)25)30-31(4,5)6/h8,10,13,20-24H,7,9,11-12,14H2,1-6H3/t20-,21-,22-,23+,24-,25-/m1/s1. The van der Waals surface area contributed by atoms with Crippen molar-refractivity contribution in [3.05, 3.63) is 29.3 Å². The summed E-state index contributed by atoms with van der Waals surface area (Å²) in [5.74, 6) is 1.57. The second-order valence-electron chi connectivity index (χ2n) is 10.9. The number of carbonyl (C=O) groups excluding carboxylic acids is 2. The molecule has 6 atom stereocenters. The lowest BCUT2D eigenvalue weighted by Gasteiger charge is -2.51. The van der Waals surface area contributed by atoms with Gasteiger partial charge >= 0.3 is 11.9 Å². The first kappa shape index (κ1) is 22.5. The van der Waals surface area contributed by atoms with Gasteiger partial charge in [-0.25, -0.2) is 0 Å². The predicted octanol–water partition coefficient (Wildman–Crippen LogP) is 5.23. The molecule has 0 bridgehead atoms. The number of ether oxygens (including phenoxy) is 2. The first-order valence-electron chi connectivity index (χ1n) is 11.6. The molecule has 3 aliphatic rings. The zero-order valence-electron chi connectivity index (χ0n) is 19.7. The molecule has 6 heteroatoms. The van der Waals surface area contributed by atoms with E-state index in [9.17, 15) is 9.59 Å². The second-order valence-corrected chi connectivity index (χ2v) is 15.4. The molecular weight excluding hydrogens is 408 g/mol. The molecule has 1 aromatic carbocycles. The molecule has 0 N–H and O–H groups in total. The number of fused-ring (bicyclic) bond motifs is 5. The van der Waals surface area contributed by atoms with E-state index in [4.69, 9.17) is 13.9 Å². The van der Waals surface area contributed by atoms with Gasteiger partial charge in [-0.3, -0.25) is 9.59 Å². The van der Waals surface area contributed by atoms with E-state index < -0.39 is 8.32 Å². The Bertz CT molecular complexity index is 875. The molecule has 0 heterocycles. The highest BCUT2D eigenvalue weighted by molar-refractivity contribution is 6.69. The van der Waals surface area contributed by atoms with Crippen LogP contribution in [0.2, 0.25) is 19.6 Å². The van der Waals surface area contributed by atoms with Gasteiger partial charge in [-0.1, -0.05) is 13.0 Å². The van der Waals surface area contributed by atoms with Crippen molar-refractivity contribution in [3.8, 4) is 5.75 Å². The Labute approximate surface area is 187 Å². The highest BCUT2D eigenvalue weighted by atomic mass is 28.4. The van der Waals surface area contributed by atoms with Gasteiger partial charge in [0.1, 0.15) is 11.9 Å². The van der Waals surface area contributed by atoms with Crippen LogP contribution in [0.25, 0.3) is 0 Å². The molecular formula is C25H36O5Si. The number of hydrogen-bond acceptors (Lipinski definition) is 5. The summed E-state index contributed by atoms with van der Waals surface area (Å²) < 4.78 is 17.9. The largest absolute Gasteiger partial charge is 0.462 e. The Balaban J connectivity index is 1.66. The van der Waals surface area contributed by atoms with Gasteiger partial charge in [-0.2, -0.15) is 0 Å². The quantitative estimate of drug-likeness (QED) is 0.361. The topological polar surface area (TPSA) is 61.8 Å². The monoisotopic (exact) mass is 444 g/mol. The molecule has 31 heavy (non-hydrogen) atoms. The smallest absolute Gasteiger partial charge is 0.308 e. The molecule has 3 aliphatic carbocycles. The fourth-order valence-electron chi connectivity index (χ4n) is 6.73. The maximum Gasteiger partial charge on any atom is 0.308 e. The number of hydrogen-bond donors (Lipinski definition) is 0. The molecule has 170 valence electrons. The summed E-state index contributed by atoms with van der Waals surface area (Å²) in [5.41, 5.74) is 2.67. The summed E-state index contributed by atoms with van der Waals surface area (Å²) in [5, 5.41) is 0. The van der Waals surface area contributed by atoms with E-state index >= 15 is 0 Å². The Morgan fingerprint density at radius 3 is 2.48 bits per heavy atom. The van der Waals surface area contributed by atoms with Crippen molar-refractivity contribution >= 4 is 20.3 Å². The molecule has 1 aromatic rings. The van der Waals surface area contributed by atoms with Crippen LogP contribution in [0.1, 0.15) is 63.5 Å². The van der Waals surface area contributed by atoms with Gasteiger partial charge < -0.3 is 13.9 Å². The Kier molecular flexibility index (Phi) is 5.84. The number of benzene rings is 1. The average molecular weight is 445 g/mol. The predicted molar refractivity (Wildman–Crippen MR) is 122 cm³/mol. The van der Waals surface area contributed by atoms with Crippen LogP contribution in [0.5, 0.6) is 5.75 Å². The van der Waals surface area contributed by atoms with Crippen molar-refractivity contribution in [1.82, 2.24) is 0 Å². The highest BCUT2D eigenvalue weighted by Crippen LogP contribution is 2.62. The van der Waals surface area contributed by atoms with Crippen molar-refractivity contribution in [2.75, 3.05) is 0 Å². The zero-order chi connectivity index (χ0) is 22.6. The summed E-state index contributed by atoms with van der Waals surface area (Å²) in [7, 11) is -1.74. The molecule has 2 saturated carbocycles. The molecule has 0 aliphatic heterocycles. The van der Waals surface area contributed by atoms with Crippen LogP contribution >= 0.6 is 0 Å². The van der Waals surface area contributed by atoms with Crippen LogP contribution in [0.3, 0.4) is 0 Å². The van der Waals surface area contributed by atoms with Crippen LogP contribution in [0.4, 0.5) is 0 Å². The lowest BCUT2D eigenvalue weighted by molar-refractivity contribution is -0.154. The van der Waals surface area contributed by atoms with E-state index in [-0.39, 0.29) is 29.6 Å². The van der Waals surface area contributed by atoms with Gasteiger partial charge in [0.25, 0.3) is 0 Å². The van der Waals surface area contributed by atoms with E-state index in [1.807, 2.05) is 12.1 Å². The van der Waals surface area contributed by atoms with Gasteiger partial charge in [0.15, 0.2) is 8.32 Å². The number of esters is 2. The van der Waals surface area contributed by atoms with Crippen molar-refractivity contribution in [2.45, 2.75) is 90.6 Å². The molecule has 0 amide bonds. The van der Waals surface area contributed by atoms with Crippen LogP contribution in [-0.4, -0.2) is 32.5 Å². The first-order chi connectivity index (χ1) is 14.5. The van der Waals surface area contributed by atoms with E-state index in [2.05, 4.69) is 32.6 Å². The SMILES string of the molecule is CC(=O)Oc1ccc2c(c1)CC[C@H]1[C@@H]3[C@H](O[Si](C)(C)C)C[C@H](OC(C)=O)[C@@]3(C)CC[C@H]21. The Morgan fingerprint density at radius 2 is 1.84 bits per heavy atom. The van der Waals surface area contributed by atoms with Crippen molar-refractivity contribution < 1.29 is 23.5 Å². The third-order valence-corrected chi connectivity index (χ3v) is 8.66. The molecule has 5 nitrogen and oxygen atoms in total. The molecule has 0 spiro atoms. The molecule has 0 unspecified atom stereocenters. The Morgan fingerprint density at radius 1 is 1.10 bits per heavy atom. The van der Waals surface area contributed by atoms with Gasteiger partial charge in [-0.15, -0.1) is 0 Å². The normalized spacial score (nSPS) is 34.3. The van der Waals surface area contributed by atoms with Crippen LogP contribution < -0.4 is 4.74 Å². The third-order valence-electron chi connectivity index (χ3n) is 7.65. The van der Waals surface area contributed by atoms with Crippen LogP contribution in [0.15, 0.2) is 18.2 Å². The van der Waals surface area contributed by atoms with Gasteiger partial charge in [0.2, 0.25) is 0 Å². The number of carbonyl (C=O) groups is 2. The minimum atomic E-state index is -1.74. The summed E-state index contributed by atoms with van der Waals surface area (Å²) in [6.45, 7) is 12.0. The van der Waals surface area contributed by atoms with Crippen molar-refractivity contribution in [3.63, 3.8) is 0 Å². The summed E-state index contributed by atoms with van der Waals surface area (Å²) >= 11 is 0. The lowest BCUT2D eigenvalue weighted by Crippen LogP contribution is -2.48. The van der Waals surface area contributed by atoms with Gasteiger partial charge in [0.05, 0.1) is 6.10 Å². The van der Waals surface area contributed by atoms with E-state index in [0.717, 1.165) is 32.1 Å². The maximum absolute atomic E-state index is 11.9. The van der Waals surface area contributed by atoms with Gasteiger partial charge in [0, 0.05) is 25.7 Å². The second kappa shape index (κ2) is 8.04. The third kappa shape index (κ3) is 4.33. The molecule has 0 aromatic heterocycles. The van der Waals surface area contributed by atoms with Gasteiger partial charge in [-0.05, 0) is 86.3 Å². The fraction of sp³-hybridized carbons (Fsp3) is 0.680. The average Bonchev–Trinajstić information content (AvgIpc) is 2.90. The van der Waals surface area contributed by atoms with Crippen molar-refractivity contribution in [1.29, 1.82) is 0 Å². The Hall–Kier alpha value is -1.66. The summed E-state index contributed by atoms with van der Waals surface area (Å²) in [6, 6.07) is 6.15.